The molecule has 18 heavy (non-hydrogen) atoms. The van der Waals surface area contributed by atoms with Crippen LogP contribution in [0.25, 0.3) is 11.2 Å². The fourth-order valence-corrected chi connectivity index (χ4v) is 1.80. The van der Waals surface area contributed by atoms with E-state index in [1.807, 2.05) is 30.3 Å². The zero-order valence-electron chi connectivity index (χ0n) is 9.32. The van der Waals surface area contributed by atoms with Gasteiger partial charge in [-0.3, -0.25) is 0 Å². The second-order valence-corrected chi connectivity index (χ2v) is 4.04. The summed E-state index contributed by atoms with van der Waals surface area (Å²) in [5, 5.41) is 4.33. The minimum absolute atomic E-state index is 0.470. The molecule has 6 heteroatoms. The average Bonchev–Trinajstić information content (AvgIpc) is 2.82. The van der Waals surface area contributed by atoms with Crippen LogP contribution in [0.15, 0.2) is 48.1 Å². The second-order valence-electron chi connectivity index (χ2n) is 3.65. The molecule has 0 atom stereocenters. The molecule has 0 aliphatic heterocycles. The lowest BCUT2D eigenvalue weighted by atomic mass is 10.2. The number of nitrogens with zero attached hydrogens (tertiary/aromatic N) is 4. The van der Waals surface area contributed by atoms with Crippen molar-refractivity contribution in [3.8, 4) is 0 Å². The lowest BCUT2D eigenvalue weighted by Gasteiger charge is -1.95. The van der Waals surface area contributed by atoms with E-state index in [1.165, 1.54) is 0 Å². The maximum absolute atomic E-state index is 5.09. The second kappa shape index (κ2) is 4.50. The van der Waals surface area contributed by atoms with Crippen molar-refractivity contribution in [1.82, 2.24) is 19.6 Å². The van der Waals surface area contributed by atoms with Crippen molar-refractivity contribution in [1.29, 1.82) is 0 Å². The Balaban J connectivity index is 2.04. The molecule has 1 N–H and O–H groups in total. The van der Waals surface area contributed by atoms with Crippen molar-refractivity contribution >= 4 is 29.6 Å². The van der Waals surface area contributed by atoms with E-state index in [0.29, 0.717) is 10.2 Å². The lowest BCUT2D eigenvalue weighted by Crippen LogP contribution is -1.91. The van der Waals surface area contributed by atoms with Crippen LogP contribution in [0.3, 0.4) is 0 Å². The Morgan fingerprint density at radius 1 is 1.22 bits per heavy atom. The van der Waals surface area contributed by atoms with Gasteiger partial charge < -0.3 is 4.98 Å². The van der Waals surface area contributed by atoms with Crippen LogP contribution in [0.2, 0.25) is 0 Å². The number of imidazole rings is 1. The van der Waals surface area contributed by atoms with Gasteiger partial charge in [0.05, 0.1) is 12.5 Å². The van der Waals surface area contributed by atoms with Gasteiger partial charge in [-0.15, -0.1) is 0 Å². The monoisotopic (exact) mass is 255 g/mol. The van der Waals surface area contributed by atoms with Gasteiger partial charge in [0.2, 0.25) is 0 Å². The van der Waals surface area contributed by atoms with E-state index in [4.69, 9.17) is 12.2 Å². The number of hydrogen-bond donors (Lipinski definition) is 1. The van der Waals surface area contributed by atoms with E-state index in [-0.39, 0.29) is 0 Å². The Bertz CT molecular complexity index is 757. The molecule has 0 bridgehead atoms. The van der Waals surface area contributed by atoms with Gasteiger partial charge in [0.15, 0.2) is 10.3 Å². The predicted octanol–water partition coefficient (Wildman–Crippen LogP) is 2.37. The zero-order valence-corrected chi connectivity index (χ0v) is 10.1. The van der Waals surface area contributed by atoms with Crippen LogP contribution in [0.4, 0.5) is 0 Å². The highest BCUT2D eigenvalue weighted by molar-refractivity contribution is 7.71. The summed E-state index contributed by atoms with van der Waals surface area (Å²) in [7, 11) is 0. The molecule has 88 valence electrons. The first-order chi connectivity index (χ1) is 8.84. The van der Waals surface area contributed by atoms with Gasteiger partial charge in [0.25, 0.3) is 0 Å². The van der Waals surface area contributed by atoms with E-state index >= 15 is 0 Å². The van der Waals surface area contributed by atoms with Crippen LogP contribution in [-0.4, -0.2) is 25.8 Å². The van der Waals surface area contributed by atoms with Gasteiger partial charge in [-0.25, -0.2) is 14.6 Å². The van der Waals surface area contributed by atoms with Gasteiger partial charge in [-0.2, -0.15) is 5.10 Å². The van der Waals surface area contributed by atoms with E-state index in [9.17, 15) is 0 Å². The largest absolute Gasteiger partial charge is 0.329 e. The van der Waals surface area contributed by atoms with Crippen molar-refractivity contribution in [2.75, 3.05) is 0 Å². The Labute approximate surface area is 108 Å². The van der Waals surface area contributed by atoms with E-state index < -0.39 is 0 Å². The summed E-state index contributed by atoms with van der Waals surface area (Å²) in [5.41, 5.74) is 2.41. The molecule has 0 saturated heterocycles. The number of aromatic nitrogens is 4. The van der Waals surface area contributed by atoms with E-state index in [0.717, 1.165) is 11.2 Å². The standard InChI is InChI=1S/C12H9N5S/c18-12-10-11(13-7-14-12)17(8-15-10)16-6-9-4-2-1-3-5-9/h1-8H,(H,13,14,18)/b16-6+. The molecule has 5 nitrogen and oxygen atoms in total. The number of nitrogens with one attached hydrogen (secondary N) is 1. The molecule has 2 heterocycles. The maximum atomic E-state index is 5.09. The molecular formula is C12H9N5S. The van der Waals surface area contributed by atoms with Crippen molar-refractivity contribution < 1.29 is 0 Å². The van der Waals surface area contributed by atoms with Crippen molar-refractivity contribution in [2.24, 2.45) is 5.10 Å². The van der Waals surface area contributed by atoms with Crippen LogP contribution in [0.1, 0.15) is 5.56 Å². The first kappa shape index (κ1) is 10.8. The first-order valence-electron chi connectivity index (χ1n) is 5.35. The molecule has 2 aromatic heterocycles. The van der Waals surface area contributed by atoms with Crippen LogP contribution in [-0.2, 0) is 0 Å². The van der Waals surface area contributed by atoms with Gasteiger partial charge in [-0.1, -0.05) is 42.5 Å². The Morgan fingerprint density at radius 3 is 2.89 bits per heavy atom. The molecule has 0 aliphatic rings. The first-order valence-corrected chi connectivity index (χ1v) is 5.75. The molecule has 0 spiro atoms. The van der Waals surface area contributed by atoms with Gasteiger partial charge in [0.1, 0.15) is 11.8 Å². The zero-order chi connectivity index (χ0) is 12.4. The Hall–Kier alpha value is -2.34. The molecule has 3 rings (SSSR count). The Morgan fingerprint density at radius 2 is 2.06 bits per heavy atom. The minimum Gasteiger partial charge on any atom is -0.329 e. The lowest BCUT2D eigenvalue weighted by molar-refractivity contribution is 0.897. The molecule has 0 amide bonds. The summed E-state index contributed by atoms with van der Waals surface area (Å²) in [4.78, 5) is 11.1. The van der Waals surface area contributed by atoms with Gasteiger partial charge in [-0.05, 0) is 5.56 Å². The maximum Gasteiger partial charge on any atom is 0.163 e. The molecule has 0 saturated carbocycles. The minimum atomic E-state index is 0.470. The van der Waals surface area contributed by atoms with E-state index in [1.54, 1.807) is 23.5 Å². The summed E-state index contributed by atoms with van der Waals surface area (Å²) in [5.74, 6) is 0. The molecular weight excluding hydrogens is 246 g/mol. The third kappa shape index (κ3) is 1.93. The van der Waals surface area contributed by atoms with E-state index in [2.05, 4.69) is 20.1 Å². The topological polar surface area (TPSA) is 58.9 Å². The third-order valence-corrected chi connectivity index (χ3v) is 2.76. The van der Waals surface area contributed by atoms with Crippen LogP contribution >= 0.6 is 12.2 Å². The summed E-state index contributed by atoms with van der Waals surface area (Å²) >= 11 is 5.09. The normalized spacial score (nSPS) is 11.3. The number of H-pyrrole nitrogens is 1. The average molecular weight is 255 g/mol. The fourth-order valence-electron chi connectivity index (χ4n) is 1.60. The molecule has 3 aromatic rings. The molecule has 0 aliphatic carbocycles. The highest BCUT2D eigenvalue weighted by Gasteiger charge is 2.02. The summed E-state index contributed by atoms with van der Waals surface area (Å²) in [6.07, 6.45) is 4.91. The van der Waals surface area contributed by atoms with Crippen LogP contribution in [0, 0.1) is 4.64 Å². The summed E-state index contributed by atoms with van der Waals surface area (Å²) < 4.78 is 2.11. The predicted molar refractivity (Wildman–Crippen MR) is 72.1 cm³/mol. The number of hydrogen-bond acceptors (Lipinski definition) is 4. The number of aromatic amines is 1. The van der Waals surface area contributed by atoms with Crippen LogP contribution < -0.4 is 0 Å². The smallest absolute Gasteiger partial charge is 0.163 e. The molecule has 0 unspecified atom stereocenters. The third-order valence-electron chi connectivity index (χ3n) is 2.47. The molecule has 0 fully saturated rings. The Kier molecular flexibility index (Phi) is 2.70. The summed E-state index contributed by atoms with van der Waals surface area (Å²) in [6.45, 7) is 0. The fraction of sp³-hybridized carbons (Fsp3) is 0. The van der Waals surface area contributed by atoms with Crippen LogP contribution in [0.5, 0.6) is 0 Å². The molecule has 0 radical (unpaired) electrons. The number of benzene rings is 1. The molecule has 1 aromatic carbocycles. The highest BCUT2D eigenvalue weighted by Crippen LogP contribution is 2.08. The number of fused-ring (bicyclic) bond motifs is 1. The SMILES string of the molecule is S=c1nc[nH]c2c1ncn2/N=C/c1ccccc1. The van der Waals surface area contributed by atoms with Crippen molar-refractivity contribution in [3.05, 3.63) is 53.2 Å². The quantitative estimate of drug-likeness (QED) is 0.565. The van der Waals surface area contributed by atoms with Gasteiger partial charge in [0, 0.05) is 0 Å². The number of rotatable bonds is 2. The summed E-state index contributed by atoms with van der Waals surface area (Å²) in [6, 6.07) is 9.85. The highest BCUT2D eigenvalue weighted by atomic mass is 32.1. The van der Waals surface area contributed by atoms with Crippen molar-refractivity contribution in [3.63, 3.8) is 0 Å². The van der Waals surface area contributed by atoms with Crippen molar-refractivity contribution in [2.45, 2.75) is 0 Å². The van der Waals surface area contributed by atoms with Gasteiger partial charge >= 0.3 is 0 Å².